The number of Topliss-reactive ketones (excluding diaryl/α,β-unsaturated/α-hetero) is 1. The lowest BCUT2D eigenvalue weighted by atomic mass is 9.81. The normalized spacial score (nSPS) is 28.8. The van der Waals surface area contributed by atoms with Gasteiger partial charge in [-0.3, -0.25) is 29.3 Å². The summed E-state index contributed by atoms with van der Waals surface area (Å²) in [5.41, 5.74) is -0.501. The Kier molecular flexibility index (Phi) is 6.08. The van der Waals surface area contributed by atoms with E-state index in [9.17, 15) is 29.3 Å². The fraction of sp³-hybridized carbons (Fsp3) is 0.333. The molecule has 3 amide bonds. The van der Waals surface area contributed by atoms with Gasteiger partial charge in [0.2, 0.25) is 0 Å². The number of fused-ring (bicyclic) bond motifs is 5. The molecule has 3 aliphatic rings. The highest BCUT2D eigenvalue weighted by Crippen LogP contribution is 2.60. The highest BCUT2D eigenvalue weighted by Gasteiger charge is 2.67. The quantitative estimate of drug-likeness (QED) is 0.163. The zero-order valence-corrected chi connectivity index (χ0v) is 21.3. The summed E-state index contributed by atoms with van der Waals surface area (Å²) in [6.45, 7) is -0.614. The Morgan fingerprint density at radius 1 is 0.943 bits per heavy atom. The largest absolute Gasteiger partial charge is 0.292 e. The highest BCUT2D eigenvalue weighted by molar-refractivity contribution is 9.12. The summed E-state index contributed by atoms with van der Waals surface area (Å²) in [4.78, 5) is 64.8. The van der Waals surface area contributed by atoms with Gasteiger partial charge in [0.1, 0.15) is 12.1 Å². The summed E-state index contributed by atoms with van der Waals surface area (Å²) < 4.78 is 0. The fourth-order valence-corrected chi connectivity index (χ4v) is 7.48. The van der Waals surface area contributed by atoms with E-state index in [1.165, 1.54) is 18.2 Å². The van der Waals surface area contributed by atoms with E-state index in [1.807, 2.05) is 0 Å². The first-order chi connectivity index (χ1) is 16.7. The monoisotopic (exact) mass is 603 g/mol. The van der Waals surface area contributed by atoms with E-state index < -0.39 is 52.5 Å². The lowest BCUT2D eigenvalue weighted by Gasteiger charge is -2.30. The predicted molar refractivity (Wildman–Crippen MR) is 131 cm³/mol. The van der Waals surface area contributed by atoms with Crippen molar-refractivity contribution in [3.63, 3.8) is 0 Å². The van der Waals surface area contributed by atoms with Gasteiger partial charge in [-0.25, -0.2) is 5.01 Å². The minimum absolute atomic E-state index is 0.00392. The van der Waals surface area contributed by atoms with Crippen LogP contribution in [0.5, 0.6) is 0 Å². The van der Waals surface area contributed by atoms with Crippen molar-refractivity contribution >= 4 is 61.1 Å². The van der Waals surface area contributed by atoms with Crippen LogP contribution >= 0.6 is 31.9 Å². The number of benzene rings is 2. The van der Waals surface area contributed by atoms with Crippen molar-refractivity contribution in [1.29, 1.82) is 0 Å². The maximum atomic E-state index is 13.6. The lowest BCUT2D eigenvalue weighted by Crippen LogP contribution is -2.52. The Bertz CT molecular complexity index is 1220. The first-order valence-corrected chi connectivity index (χ1v) is 12.8. The van der Waals surface area contributed by atoms with Crippen LogP contribution in [0.1, 0.15) is 27.1 Å². The van der Waals surface area contributed by atoms with Gasteiger partial charge in [0, 0.05) is 21.3 Å². The molecule has 2 aromatic rings. The van der Waals surface area contributed by atoms with Crippen LogP contribution in [0.15, 0.2) is 54.6 Å². The number of hydrogen-bond acceptors (Lipinski definition) is 6. The van der Waals surface area contributed by atoms with Crippen LogP contribution < -0.4 is 0 Å². The van der Waals surface area contributed by atoms with Crippen molar-refractivity contribution < 1.29 is 24.1 Å². The average Bonchev–Trinajstić information content (AvgIpc) is 3.47. The molecule has 0 unspecified atom stereocenters. The van der Waals surface area contributed by atoms with E-state index in [0.717, 1.165) is 16.1 Å². The van der Waals surface area contributed by atoms with Gasteiger partial charge in [0.25, 0.3) is 23.4 Å². The Morgan fingerprint density at radius 3 is 2.06 bits per heavy atom. The maximum Gasteiger partial charge on any atom is 0.282 e. The molecule has 0 N–H and O–H groups in total. The lowest BCUT2D eigenvalue weighted by molar-refractivity contribution is -0.385. The Hall–Kier alpha value is -2.92. The van der Waals surface area contributed by atoms with Gasteiger partial charge in [-0.15, -0.1) is 0 Å². The summed E-state index contributed by atoms with van der Waals surface area (Å²) in [6.07, 6.45) is 0.702. The summed E-state index contributed by atoms with van der Waals surface area (Å²) >= 11 is 7.25. The third kappa shape index (κ3) is 3.72. The van der Waals surface area contributed by atoms with Crippen LogP contribution in [-0.4, -0.2) is 54.6 Å². The van der Waals surface area contributed by atoms with Crippen molar-refractivity contribution in [3.8, 4) is 0 Å². The minimum atomic E-state index is -0.957. The molecule has 35 heavy (non-hydrogen) atoms. The molecule has 6 atom stereocenters. The average molecular weight is 605 g/mol. The molecule has 0 aromatic heterocycles. The second-order valence-electron chi connectivity index (χ2n) is 8.92. The number of para-hydroxylation sites is 1. The van der Waals surface area contributed by atoms with Gasteiger partial charge in [-0.1, -0.05) is 74.3 Å². The van der Waals surface area contributed by atoms with Crippen molar-refractivity contribution in [2.75, 3.05) is 6.54 Å². The zero-order valence-electron chi connectivity index (χ0n) is 18.1. The van der Waals surface area contributed by atoms with E-state index in [4.69, 9.17) is 0 Å². The molecule has 180 valence electrons. The number of carbonyl (C=O) groups excluding carboxylic acids is 4. The minimum Gasteiger partial charge on any atom is -0.292 e. The molecule has 1 saturated heterocycles. The molecular weight excluding hydrogens is 586 g/mol. The van der Waals surface area contributed by atoms with Gasteiger partial charge in [0.05, 0.1) is 16.8 Å². The molecule has 2 saturated carbocycles. The van der Waals surface area contributed by atoms with Crippen LogP contribution in [0, 0.1) is 33.8 Å². The van der Waals surface area contributed by atoms with Gasteiger partial charge in [-0.05, 0) is 24.3 Å². The van der Waals surface area contributed by atoms with E-state index in [2.05, 4.69) is 31.9 Å². The molecule has 11 heteroatoms. The van der Waals surface area contributed by atoms with E-state index in [-0.39, 0.29) is 32.6 Å². The topological polar surface area (TPSA) is 118 Å². The molecule has 3 fully saturated rings. The van der Waals surface area contributed by atoms with Gasteiger partial charge in [-0.2, -0.15) is 5.01 Å². The standard InChI is InChI=1S/C24H19Br2N3O6/c25-20-14-10-15(21(20)26)19-18(14)23(32)28(24(19)33)27(11-17(30)12-6-2-1-3-7-12)22(31)13-8-4-5-9-16(13)29(34)35/h1-9,14-15,18-21H,10-11H2/t14-,15-,18-,19+,20-,21+/m1/s1. The molecule has 1 heterocycles. The number of rotatable bonds is 6. The molecule has 9 nitrogen and oxygen atoms in total. The van der Waals surface area contributed by atoms with Crippen LogP contribution in [0.4, 0.5) is 5.69 Å². The van der Waals surface area contributed by atoms with E-state index >= 15 is 0 Å². The number of nitrogens with zero attached hydrogens (tertiary/aromatic N) is 3. The third-order valence-corrected chi connectivity index (χ3v) is 10.4. The number of hydrogen-bond donors (Lipinski definition) is 0. The summed E-state index contributed by atoms with van der Waals surface area (Å²) in [5, 5.41) is 13.1. The number of hydrazine groups is 1. The van der Waals surface area contributed by atoms with E-state index in [0.29, 0.717) is 6.42 Å². The first-order valence-electron chi connectivity index (χ1n) is 11.0. The third-order valence-electron chi connectivity index (χ3n) is 7.16. The number of nitro groups is 1. The predicted octanol–water partition coefficient (Wildman–Crippen LogP) is 3.61. The van der Waals surface area contributed by atoms with Crippen molar-refractivity contribution in [2.24, 2.45) is 23.7 Å². The Labute approximate surface area is 216 Å². The molecular formula is C24H19Br2N3O6. The molecule has 0 radical (unpaired) electrons. The van der Waals surface area contributed by atoms with Crippen molar-refractivity contribution in [1.82, 2.24) is 10.0 Å². The first kappa shape index (κ1) is 23.8. The van der Waals surface area contributed by atoms with Crippen LogP contribution in [0.3, 0.4) is 0 Å². The summed E-state index contributed by atoms with van der Waals surface area (Å²) in [7, 11) is 0. The maximum absolute atomic E-state index is 13.6. The van der Waals surface area contributed by atoms with Crippen LogP contribution in [0.25, 0.3) is 0 Å². The number of imide groups is 1. The molecule has 5 rings (SSSR count). The number of nitro benzene ring substituents is 1. The number of alkyl halides is 2. The second-order valence-corrected chi connectivity index (χ2v) is 11.0. The van der Waals surface area contributed by atoms with Crippen LogP contribution in [0.2, 0.25) is 0 Å². The molecule has 2 bridgehead atoms. The van der Waals surface area contributed by atoms with Crippen molar-refractivity contribution in [2.45, 2.75) is 16.1 Å². The smallest absolute Gasteiger partial charge is 0.282 e. The number of amides is 3. The molecule has 1 aliphatic heterocycles. The van der Waals surface area contributed by atoms with Crippen molar-refractivity contribution in [3.05, 3.63) is 75.8 Å². The Balaban J connectivity index is 1.55. The number of ketones is 1. The molecule has 2 aliphatic carbocycles. The Morgan fingerprint density at radius 2 is 1.49 bits per heavy atom. The summed E-state index contributed by atoms with van der Waals surface area (Å²) in [6, 6.07) is 13.4. The SMILES string of the molecule is O=C(CN(C(=O)c1ccccc1[N+](=O)[O-])N1C(=O)[C@@H]2[C@H]3C[C@@H]([C@H](Br)[C@@H]3Br)[C@@H]2C1=O)c1ccccc1. The zero-order chi connectivity index (χ0) is 25.0. The van der Waals surface area contributed by atoms with Crippen LogP contribution in [-0.2, 0) is 9.59 Å². The summed E-state index contributed by atoms with van der Waals surface area (Å²) in [5.74, 6) is -3.98. The van der Waals surface area contributed by atoms with Gasteiger partial charge < -0.3 is 0 Å². The molecule has 2 aromatic carbocycles. The van der Waals surface area contributed by atoms with E-state index in [1.54, 1.807) is 30.3 Å². The van der Waals surface area contributed by atoms with Gasteiger partial charge in [0.15, 0.2) is 5.78 Å². The second kappa shape index (κ2) is 8.94. The molecule has 0 spiro atoms. The number of halogens is 2. The van der Waals surface area contributed by atoms with Gasteiger partial charge >= 0.3 is 0 Å². The fourth-order valence-electron chi connectivity index (χ4n) is 5.61. The number of carbonyl (C=O) groups is 4. The highest BCUT2D eigenvalue weighted by atomic mass is 79.9.